The molecule has 0 radical (unpaired) electrons. The van der Waals surface area contributed by atoms with Gasteiger partial charge in [-0.3, -0.25) is 0 Å². The topological polar surface area (TPSA) is 68.4 Å². The molecule has 0 spiro atoms. The number of benzene rings is 2. The summed E-state index contributed by atoms with van der Waals surface area (Å²) in [6.07, 6.45) is 1.59. The monoisotopic (exact) mass is 270 g/mol. The molecule has 0 bridgehead atoms. The lowest BCUT2D eigenvalue weighted by atomic mass is 10.1. The van der Waals surface area contributed by atoms with Gasteiger partial charge in [0.05, 0.1) is 5.69 Å². The number of nitrogen functional groups attached to an aromatic ring is 1. The smallest absolute Gasteiger partial charge is 0.227 e. The second-order valence-electron chi connectivity index (χ2n) is 4.31. The molecule has 1 aromatic heterocycles. The van der Waals surface area contributed by atoms with Crippen molar-refractivity contribution in [1.29, 1.82) is 0 Å². The number of anilines is 1. The molecule has 0 amide bonds. The number of halogens is 1. The average molecular weight is 270 g/mol. The number of ether oxygens (including phenoxy) is 1. The Hall–Kier alpha value is -2.82. The summed E-state index contributed by atoms with van der Waals surface area (Å²) in [5.41, 5.74) is 5.89. The first-order valence-corrected chi connectivity index (χ1v) is 5.94. The first-order chi connectivity index (χ1) is 9.63. The summed E-state index contributed by atoms with van der Waals surface area (Å²) < 4.78 is 18.6. The Morgan fingerprint density at radius 3 is 2.75 bits per heavy atom. The number of hydrogen-bond acceptors (Lipinski definition) is 4. The molecule has 3 aromatic rings. The quantitative estimate of drug-likeness (QED) is 0.700. The highest BCUT2D eigenvalue weighted by molar-refractivity contribution is 5.88. The maximum atomic E-state index is 13.0. The van der Waals surface area contributed by atoms with Crippen LogP contribution < -0.4 is 10.5 Å². The molecule has 4 nitrogen and oxygen atoms in total. The molecule has 0 aliphatic carbocycles. The summed E-state index contributed by atoms with van der Waals surface area (Å²) in [7, 11) is 0. The Labute approximate surface area is 114 Å². The lowest BCUT2D eigenvalue weighted by Gasteiger charge is -2.10. The molecular formula is C15H11FN2O2. The van der Waals surface area contributed by atoms with Gasteiger partial charge >= 0.3 is 0 Å². The highest BCUT2D eigenvalue weighted by Gasteiger charge is 2.08. The number of fused-ring (bicyclic) bond motifs is 1. The van der Waals surface area contributed by atoms with Gasteiger partial charge in [0, 0.05) is 17.6 Å². The largest absolute Gasteiger partial charge is 0.508 e. The molecule has 0 aliphatic rings. The summed E-state index contributed by atoms with van der Waals surface area (Å²) in [6, 6.07) is 10.6. The van der Waals surface area contributed by atoms with Crippen LogP contribution in [0.25, 0.3) is 10.8 Å². The number of aromatic nitrogens is 1. The van der Waals surface area contributed by atoms with Gasteiger partial charge < -0.3 is 15.6 Å². The molecular weight excluding hydrogens is 259 g/mol. The van der Waals surface area contributed by atoms with E-state index in [0.29, 0.717) is 17.0 Å². The molecule has 0 saturated heterocycles. The molecule has 5 heteroatoms. The zero-order chi connectivity index (χ0) is 14.1. The Morgan fingerprint density at radius 2 is 1.95 bits per heavy atom. The fourth-order valence-electron chi connectivity index (χ4n) is 1.93. The zero-order valence-electron chi connectivity index (χ0n) is 10.4. The van der Waals surface area contributed by atoms with Crippen molar-refractivity contribution in [3.8, 4) is 17.4 Å². The third kappa shape index (κ3) is 2.21. The predicted molar refractivity (Wildman–Crippen MR) is 74.3 cm³/mol. The standard InChI is InChI=1S/C15H11FN2O2/c16-10-2-4-14(13(17)7-10)20-15-12-8-11(19)3-1-9(12)5-6-18-15/h1-8,19H,17H2. The summed E-state index contributed by atoms with van der Waals surface area (Å²) >= 11 is 0. The predicted octanol–water partition coefficient (Wildman–Crippen LogP) is 3.45. The summed E-state index contributed by atoms with van der Waals surface area (Å²) in [4.78, 5) is 4.12. The van der Waals surface area contributed by atoms with Crippen LogP contribution in [-0.2, 0) is 0 Å². The number of phenols is 1. The molecule has 3 rings (SSSR count). The number of hydrogen-bond donors (Lipinski definition) is 2. The molecule has 0 saturated carbocycles. The summed E-state index contributed by atoms with van der Waals surface area (Å²) in [6.45, 7) is 0. The SMILES string of the molecule is Nc1cc(F)ccc1Oc1nccc2ccc(O)cc12. The van der Waals surface area contributed by atoms with Crippen molar-refractivity contribution >= 4 is 16.5 Å². The van der Waals surface area contributed by atoms with E-state index in [1.165, 1.54) is 18.2 Å². The molecule has 100 valence electrons. The molecule has 0 fully saturated rings. The third-order valence-electron chi connectivity index (χ3n) is 2.89. The number of nitrogens with two attached hydrogens (primary N) is 1. The van der Waals surface area contributed by atoms with Crippen LogP contribution in [0.3, 0.4) is 0 Å². The van der Waals surface area contributed by atoms with E-state index in [1.54, 1.807) is 30.5 Å². The minimum atomic E-state index is -0.432. The van der Waals surface area contributed by atoms with Gasteiger partial charge in [-0.2, -0.15) is 0 Å². The second-order valence-corrected chi connectivity index (χ2v) is 4.31. The first kappa shape index (κ1) is 12.2. The second kappa shape index (κ2) is 4.70. The van der Waals surface area contributed by atoms with E-state index in [1.807, 2.05) is 0 Å². The fraction of sp³-hybridized carbons (Fsp3) is 0. The summed E-state index contributed by atoms with van der Waals surface area (Å²) in [5.74, 6) is 0.298. The number of phenolic OH excluding ortho intramolecular Hbond substituents is 1. The highest BCUT2D eigenvalue weighted by Crippen LogP contribution is 2.32. The minimum Gasteiger partial charge on any atom is -0.508 e. The van der Waals surface area contributed by atoms with Gasteiger partial charge in [-0.15, -0.1) is 0 Å². The van der Waals surface area contributed by atoms with Gasteiger partial charge in [0.25, 0.3) is 0 Å². The van der Waals surface area contributed by atoms with Gasteiger partial charge in [0.15, 0.2) is 5.75 Å². The Kier molecular flexibility index (Phi) is 2.87. The van der Waals surface area contributed by atoms with Crippen LogP contribution in [0.5, 0.6) is 17.4 Å². The molecule has 2 aromatic carbocycles. The minimum absolute atomic E-state index is 0.113. The van der Waals surface area contributed by atoms with Crippen molar-refractivity contribution in [2.24, 2.45) is 0 Å². The zero-order valence-corrected chi connectivity index (χ0v) is 10.4. The van der Waals surface area contributed by atoms with Crippen LogP contribution in [0.1, 0.15) is 0 Å². The van der Waals surface area contributed by atoms with E-state index in [2.05, 4.69) is 4.98 Å². The van der Waals surface area contributed by atoms with Gasteiger partial charge in [-0.1, -0.05) is 6.07 Å². The van der Waals surface area contributed by atoms with Crippen LogP contribution in [0.2, 0.25) is 0 Å². The third-order valence-corrected chi connectivity index (χ3v) is 2.89. The van der Waals surface area contributed by atoms with E-state index in [4.69, 9.17) is 10.5 Å². The Bertz CT molecular complexity index is 790. The molecule has 0 atom stereocenters. The molecule has 0 aliphatic heterocycles. The highest BCUT2D eigenvalue weighted by atomic mass is 19.1. The van der Waals surface area contributed by atoms with Crippen molar-refractivity contribution in [2.45, 2.75) is 0 Å². The maximum Gasteiger partial charge on any atom is 0.227 e. The summed E-state index contributed by atoms with van der Waals surface area (Å²) in [5, 5.41) is 11.1. The van der Waals surface area contributed by atoms with Gasteiger partial charge in [-0.25, -0.2) is 9.37 Å². The number of pyridine rings is 1. The normalized spacial score (nSPS) is 10.7. The van der Waals surface area contributed by atoms with E-state index in [-0.39, 0.29) is 11.4 Å². The van der Waals surface area contributed by atoms with E-state index in [0.717, 1.165) is 5.39 Å². The van der Waals surface area contributed by atoms with Crippen LogP contribution in [0.15, 0.2) is 48.7 Å². The maximum absolute atomic E-state index is 13.0. The molecule has 0 unspecified atom stereocenters. The Morgan fingerprint density at radius 1 is 1.10 bits per heavy atom. The van der Waals surface area contributed by atoms with E-state index >= 15 is 0 Å². The number of rotatable bonds is 2. The van der Waals surface area contributed by atoms with Crippen molar-refractivity contribution in [2.75, 3.05) is 5.73 Å². The van der Waals surface area contributed by atoms with E-state index in [9.17, 15) is 9.50 Å². The van der Waals surface area contributed by atoms with E-state index < -0.39 is 5.82 Å². The molecule has 1 heterocycles. The first-order valence-electron chi connectivity index (χ1n) is 5.94. The van der Waals surface area contributed by atoms with Crippen molar-refractivity contribution in [3.05, 3.63) is 54.5 Å². The number of nitrogens with zero attached hydrogens (tertiary/aromatic N) is 1. The van der Waals surface area contributed by atoms with Gasteiger partial charge in [0.1, 0.15) is 11.6 Å². The van der Waals surface area contributed by atoms with Crippen LogP contribution in [0.4, 0.5) is 10.1 Å². The van der Waals surface area contributed by atoms with Crippen molar-refractivity contribution < 1.29 is 14.2 Å². The van der Waals surface area contributed by atoms with Crippen molar-refractivity contribution in [3.63, 3.8) is 0 Å². The number of aromatic hydroxyl groups is 1. The van der Waals surface area contributed by atoms with Crippen molar-refractivity contribution in [1.82, 2.24) is 4.98 Å². The Balaban J connectivity index is 2.08. The molecule has 3 N–H and O–H groups in total. The lowest BCUT2D eigenvalue weighted by Crippen LogP contribution is -1.95. The molecule has 20 heavy (non-hydrogen) atoms. The van der Waals surface area contributed by atoms with Crippen LogP contribution in [0, 0.1) is 5.82 Å². The van der Waals surface area contributed by atoms with Gasteiger partial charge in [0.2, 0.25) is 5.88 Å². The fourth-order valence-corrected chi connectivity index (χ4v) is 1.93. The average Bonchev–Trinajstić information content (AvgIpc) is 2.42. The lowest BCUT2D eigenvalue weighted by molar-refractivity contribution is 0.466. The van der Waals surface area contributed by atoms with Gasteiger partial charge in [-0.05, 0) is 35.7 Å². The van der Waals surface area contributed by atoms with Crippen LogP contribution in [-0.4, -0.2) is 10.1 Å². The van der Waals surface area contributed by atoms with Crippen LogP contribution >= 0.6 is 0 Å².